The molecule has 3 heterocycles. The number of nitrogens with zero attached hydrogens (tertiary/aromatic N) is 4. The predicted octanol–water partition coefficient (Wildman–Crippen LogP) is 3.73. The smallest absolute Gasteiger partial charge is 0.382 e. The number of halogens is 5. The predicted molar refractivity (Wildman–Crippen MR) is 276 cm³/mol. The maximum atomic E-state index is 15.2. The van der Waals surface area contributed by atoms with Crippen LogP contribution in [0.2, 0.25) is 5.02 Å². The van der Waals surface area contributed by atoms with Crippen LogP contribution in [0.3, 0.4) is 0 Å². The molecular weight excluding hydrogens is 1040 g/mol. The van der Waals surface area contributed by atoms with E-state index in [2.05, 4.69) is 21.3 Å². The lowest BCUT2D eigenvalue weighted by Gasteiger charge is -2.37. The summed E-state index contributed by atoms with van der Waals surface area (Å²) in [6.45, 7) is 8.02. The molecule has 8 amide bonds. The molecule has 7 atom stereocenters. The van der Waals surface area contributed by atoms with Crippen molar-refractivity contribution in [3.63, 3.8) is 0 Å². The number of alkyl halides is 4. The average molecular weight is 1110 g/mol. The van der Waals surface area contributed by atoms with Crippen molar-refractivity contribution in [1.29, 1.82) is 0 Å². The Balaban J connectivity index is 1.43. The Hall–Kier alpha value is -5.39. The molecule has 5 rings (SSSR count). The average Bonchev–Trinajstić information content (AvgIpc) is 4.14. The number of rotatable bonds is 18. The first-order valence-corrected chi connectivity index (χ1v) is 26.7. The molecule has 0 aromatic heterocycles. The summed E-state index contributed by atoms with van der Waals surface area (Å²) < 4.78 is 74.2. The molecule has 24 heteroatoms. The molecule has 77 heavy (non-hydrogen) atoms. The van der Waals surface area contributed by atoms with Gasteiger partial charge in [-0.25, -0.2) is 4.39 Å². The fraction of sp³-hybridized carbons (Fsp3) is 0.698. The molecule has 3 unspecified atom stereocenters. The largest absolute Gasteiger partial charge is 0.426 e. The molecular formula is C53H77ClF4N8O11. The summed E-state index contributed by atoms with van der Waals surface area (Å²) in [5.74, 6) is -6.86. The highest BCUT2D eigenvalue weighted by atomic mass is 35.5. The molecule has 3 fully saturated rings. The minimum atomic E-state index is -5.30. The first-order chi connectivity index (χ1) is 36.1. The number of carbonyl (C=O) groups is 8. The second-order valence-electron chi connectivity index (χ2n) is 21.6. The van der Waals surface area contributed by atoms with Crippen molar-refractivity contribution in [2.24, 2.45) is 11.8 Å². The van der Waals surface area contributed by atoms with E-state index in [0.717, 1.165) is 16.0 Å². The second-order valence-corrected chi connectivity index (χ2v) is 22.0. The number of methoxy groups -OCH3 is 1. The molecule has 19 nitrogen and oxygen atoms in total. The monoisotopic (exact) mass is 1110 g/mol. The van der Waals surface area contributed by atoms with E-state index in [9.17, 15) is 51.5 Å². The number of likely N-dealkylation sites (tertiary alicyclic amines) is 1. The SMILES string of the molecule is COCCOCCO[C@](C)(C(=O)N1C[C@H](F)C[C@H]1C(=O)N[C@H](C(=O)N(C)C1CCCCNC(=O)C(C)(C)NC(=O)C(Cc2cc(Cl)ccc2C2=CCN(C(C)=O)CC2)N(C)C(=O)C(CC(C)C)NC1=O)C1CC1)C(F)(F)F. The number of ether oxygens (including phenoxy) is 3. The van der Waals surface area contributed by atoms with E-state index >= 15 is 4.39 Å². The molecule has 0 bridgehead atoms. The van der Waals surface area contributed by atoms with Crippen molar-refractivity contribution >= 4 is 64.4 Å². The molecule has 2 saturated heterocycles. The molecule has 1 aromatic carbocycles. The van der Waals surface area contributed by atoms with Crippen LogP contribution in [-0.2, 0) is 59.0 Å². The highest BCUT2D eigenvalue weighted by molar-refractivity contribution is 6.30. The Morgan fingerprint density at radius 2 is 1.69 bits per heavy atom. The summed E-state index contributed by atoms with van der Waals surface area (Å²) in [6, 6.07) is -1.69. The standard InChI is InChI=1S/C53H77ClF4N8O11/c1-31(2)26-39-47(71)64(8)41(28-35-27-36(54)15-16-38(35)33-17-20-65(21-18-33)32(3)67)46(70)62-51(4,5)49(73)59-19-11-10-12-40(44(68)60-39)63(7)48(72)43(34-13-14-34)61-45(69)42-29-37(55)30-66(42)50(74)52(6,53(56,57)58)77-25-24-76-23-22-75-9/h15-17,27,31,34,37,39-43H,10-14,18-26,28-30H2,1-9H3,(H,59,73)(H,60,68)(H,61,69)(H,62,70)/t37-,39?,40?,41?,42+,43+,52-/m1/s1. The Kier molecular flexibility index (Phi) is 21.9. The zero-order chi connectivity index (χ0) is 57.2. The number of carbonyl (C=O) groups excluding carboxylic acids is 8. The lowest BCUT2D eigenvalue weighted by molar-refractivity contribution is -0.267. The summed E-state index contributed by atoms with van der Waals surface area (Å²) in [5, 5.41) is 11.5. The molecule has 1 aromatic rings. The molecule has 1 saturated carbocycles. The van der Waals surface area contributed by atoms with Crippen LogP contribution in [0.5, 0.6) is 0 Å². The van der Waals surface area contributed by atoms with Gasteiger partial charge in [-0.05, 0) is 106 Å². The van der Waals surface area contributed by atoms with Crippen molar-refractivity contribution < 1.29 is 70.1 Å². The van der Waals surface area contributed by atoms with Gasteiger partial charge in [0.1, 0.15) is 41.9 Å². The Morgan fingerprint density at radius 3 is 2.30 bits per heavy atom. The summed E-state index contributed by atoms with van der Waals surface area (Å²) in [5.41, 5.74) is -2.69. The van der Waals surface area contributed by atoms with E-state index in [4.69, 9.17) is 25.8 Å². The lowest BCUT2D eigenvalue weighted by Crippen LogP contribution is -2.63. The van der Waals surface area contributed by atoms with Gasteiger partial charge in [0, 0.05) is 65.6 Å². The minimum absolute atomic E-state index is 0.00983. The molecule has 430 valence electrons. The van der Waals surface area contributed by atoms with Gasteiger partial charge >= 0.3 is 6.18 Å². The third kappa shape index (κ3) is 16.1. The first kappa shape index (κ1) is 62.5. The highest BCUT2D eigenvalue weighted by Crippen LogP contribution is 2.39. The number of benzene rings is 1. The molecule has 4 aliphatic rings. The Labute approximate surface area is 453 Å². The molecule has 4 N–H and O–H groups in total. The fourth-order valence-corrected chi connectivity index (χ4v) is 10.0. The zero-order valence-electron chi connectivity index (χ0n) is 45.6. The normalized spacial score (nSPS) is 24.3. The summed E-state index contributed by atoms with van der Waals surface area (Å²) in [6.07, 6.45) is -3.92. The van der Waals surface area contributed by atoms with Gasteiger partial charge < -0.3 is 55.1 Å². The quantitative estimate of drug-likeness (QED) is 0.122. The maximum absolute atomic E-state index is 15.2. The molecule has 1 aliphatic carbocycles. The third-order valence-electron chi connectivity index (χ3n) is 14.7. The van der Waals surface area contributed by atoms with Crippen LogP contribution in [0.25, 0.3) is 5.57 Å². The third-order valence-corrected chi connectivity index (χ3v) is 14.9. The van der Waals surface area contributed by atoms with Crippen LogP contribution in [0.15, 0.2) is 24.3 Å². The van der Waals surface area contributed by atoms with Gasteiger partial charge in [0.15, 0.2) is 0 Å². The number of likely N-dealkylation sites (N-methyl/N-ethyl adjacent to an activating group) is 2. The highest BCUT2D eigenvalue weighted by Gasteiger charge is 2.62. The maximum Gasteiger partial charge on any atom is 0.426 e. The van der Waals surface area contributed by atoms with Gasteiger partial charge in [0.05, 0.1) is 33.0 Å². The molecule has 0 spiro atoms. The molecule has 0 radical (unpaired) electrons. The molecule has 3 aliphatic heterocycles. The summed E-state index contributed by atoms with van der Waals surface area (Å²) in [4.78, 5) is 117. The summed E-state index contributed by atoms with van der Waals surface area (Å²) >= 11 is 6.57. The Bertz CT molecular complexity index is 2350. The van der Waals surface area contributed by atoms with Crippen LogP contribution in [0.4, 0.5) is 17.6 Å². The minimum Gasteiger partial charge on any atom is -0.382 e. The summed E-state index contributed by atoms with van der Waals surface area (Å²) in [7, 11) is 4.18. The van der Waals surface area contributed by atoms with E-state index in [1.165, 1.54) is 46.9 Å². The van der Waals surface area contributed by atoms with Gasteiger partial charge in [-0.1, -0.05) is 37.6 Å². The first-order valence-electron chi connectivity index (χ1n) is 26.3. The van der Waals surface area contributed by atoms with Crippen molar-refractivity contribution in [3.8, 4) is 0 Å². The topological polar surface area (TPSA) is 225 Å². The van der Waals surface area contributed by atoms with E-state index < -0.39 is 121 Å². The second kappa shape index (κ2) is 27.0. The zero-order valence-corrected chi connectivity index (χ0v) is 46.4. The van der Waals surface area contributed by atoms with E-state index in [1.54, 1.807) is 17.0 Å². The van der Waals surface area contributed by atoms with Crippen molar-refractivity contribution in [1.82, 2.24) is 40.9 Å². The fourth-order valence-electron chi connectivity index (χ4n) is 9.83. The van der Waals surface area contributed by atoms with Crippen LogP contribution in [-0.4, -0.2) is 194 Å². The van der Waals surface area contributed by atoms with Crippen LogP contribution in [0, 0.1) is 11.8 Å². The number of hydrogen-bond donors (Lipinski definition) is 4. The van der Waals surface area contributed by atoms with Gasteiger partial charge in [-0.15, -0.1) is 0 Å². The lowest BCUT2D eigenvalue weighted by atomic mass is 9.90. The van der Waals surface area contributed by atoms with E-state index in [1.807, 2.05) is 26.0 Å². The number of nitrogens with one attached hydrogen (secondary N) is 4. The van der Waals surface area contributed by atoms with Crippen LogP contribution in [0.1, 0.15) is 104 Å². The Morgan fingerprint density at radius 1 is 1.00 bits per heavy atom. The van der Waals surface area contributed by atoms with Gasteiger partial charge in [-0.3, -0.25) is 38.4 Å². The number of amides is 8. The van der Waals surface area contributed by atoms with Crippen molar-refractivity contribution in [2.75, 3.05) is 73.8 Å². The van der Waals surface area contributed by atoms with Crippen molar-refractivity contribution in [3.05, 3.63) is 40.4 Å². The van der Waals surface area contributed by atoms with Gasteiger partial charge in [0.25, 0.3) is 5.91 Å². The number of hydrogen-bond acceptors (Lipinski definition) is 11. The van der Waals surface area contributed by atoms with Gasteiger partial charge in [-0.2, -0.15) is 13.2 Å². The van der Waals surface area contributed by atoms with Gasteiger partial charge in [0.2, 0.25) is 47.0 Å². The van der Waals surface area contributed by atoms with Crippen molar-refractivity contribution in [2.45, 2.75) is 153 Å². The van der Waals surface area contributed by atoms with Crippen LogP contribution < -0.4 is 21.3 Å². The van der Waals surface area contributed by atoms with E-state index in [-0.39, 0.29) is 63.9 Å². The van der Waals surface area contributed by atoms with Crippen LogP contribution >= 0.6 is 11.6 Å². The van der Waals surface area contributed by atoms with E-state index in [0.29, 0.717) is 61.2 Å².